The Hall–Kier alpha value is -0.850. The lowest BCUT2D eigenvalue weighted by atomic mass is 10.3. The molecule has 0 unspecified atom stereocenters. The zero-order chi connectivity index (χ0) is 13.6. The van der Waals surface area contributed by atoms with Crippen molar-refractivity contribution in [1.29, 1.82) is 0 Å². The van der Waals surface area contributed by atoms with E-state index in [9.17, 15) is 12.8 Å². The summed E-state index contributed by atoms with van der Waals surface area (Å²) in [6.07, 6.45) is 1.18. The van der Waals surface area contributed by atoms with Crippen LogP contribution in [0, 0.1) is 5.82 Å². The molecule has 1 aromatic rings. The molecule has 0 aliphatic rings. The predicted molar refractivity (Wildman–Crippen MR) is 69.5 cm³/mol. The van der Waals surface area contributed by atoms with Gasteiger partial charge in [0.15, 0.2) is 0 Å². The van der Waals surface area contributed by atoms with E-state index < -0.39 is 15.7 Å². The maximum Gasteiger partial charge on any atom is 0.148 e. The van der Waals surface area contributed by atoms with E-state index in [1.165, 1.54) is 18.4 Å². The molecule has 0 heterocycles. The summed E-state index contributed by atoms with van der Waals surface area (Å²) < 4.78 is 40.0. The minimum atomic E-state index is -2.94. The molecular weight excluding hydrogens is 281 g/mol. The summed E-state index contributed by atoms with van der Waals surface area (Å²) in [5.41, 5.74) is 0. The number of sulfone groups is 1. The molecule has 0 saturated heterocycles. The van der Waals surface area contributed by atoms with Crippen molar-refractivity contribution in [2.75, 3.05) is 31.7 Å². The van der Waals surface area contributed by atoms with Crippen LogP contribution in [0.15, 0.2) is 18.2 Å². The Balaban J connectivity index is 2.20. The first-order chi connectivity index (χ1) is 8.38. The second kappa shape index (κ2) is 6.92. The van der Waals surface area contributed by atoms with E-state index >= 15 is 0 Å². The van der Waals surface area contributed by atoms with Crippen LogP contribution in [0.3, 0.4) is 0 Å². The molecule has 0 atom stereocenters. The standard InChI is InChI=1S/C11H15ClFNO3S/c1-18(15,16)7-5-14-4-6-17-9-2-3-10(12)11(13)8-9/h2-3,8,14H,4-7H2,1H3. The number of nitrogens with one attached hydrogen (secondary N) is 1. The normalized spacial score (nSPS) is 11.5. The highest BCUT2D eigenvalue weighted by molar-refractivity contribution is 7.90. The highest BCUT2D eigenvalue weighted by Crippen LogP contribution is 2.20. The number of ether oxygens (including phenoxy) is 1. The van der Waals surface area contributed by atoms with Gasteiger partial charge in [-0.2, -0.15) is 0 Å². The third kappa shape index (κ3) is 6.18. The van der Waals surface area contributed by atoms with E-state index in [0.29, 0.717) is 25.4 Å². The molecule has 1 rings (SSSR count). The Labute approximate surface area is 111 Å². The summed E-state index contributed by atoms with van der Waals surface area (Å²) in [4.78, 5) is 0. The number of hydrogen-bond acceptors (Lipinski definition) is 4. The van der Waals surface area contributed by atoms with Crippen LogP contribution in [0.2, 0.25) is 5.02 Å². The molecular formula is C11H15ClFNO3S. The van der Waals surface area contributed by atoms with Crippen molar-refractivity contribution in [3.63, 3.8) is 0 Å². The molecule has 0 fully saturated rings. The van der Waals surface area contributed by atoms with E-state index in [0.717, 1.165) is 0 Å². The van der Waals surface area contributed by atoms with Crippen molar-refractivity contribution in [1.82, 2.24) is 5.32 Å². The topological polar surface area (TPSA) is 55.4 Å². The zero-order valence-corrected chi connectivity index (χ0v) is 11.5. The van der Waals surface area contributed by atoms with Crippen molar-refractivity contribution in [3.8, 4) is 5.75 Å². The SMILES string of the molecule is CS(=O)(=O)CCNCCOc1ccc(Cl)c(F)c1. The zero-order valence-electron chi connectivity index (χ0n) is 9.95. The van der Waals surface area contributed by atoms with Gasteiger partial charge in [-0.3, -0.25) is 0 Å². The average Bonchev–Trinajstić information content (AvgIpc) is 2.26. The maximum absolute atomic E-state index is 13.0. The first-order valence-electron chi connectivity index (χ1n) is 5.35. The van der Waals surface area contributed by atoms with Gasteiger partial charge in [-0.25, -0.2) is 12.8 Å². The minimum absolute atomic E-state index is 0.0497. The van der Waals surface area contributed by atoms with E-state index in [1.807, 2.05) is 0 Å². The maximum atomic E-state index is 13.0. The molecule has 0 saturated carbocycles. The van der Waals surface area contributed by atoms with Crippen LogP contribution in [0.1, 0.15) is 0 Å². The third-order valence-electron chi connectivity index (χ3n) is 2.09. The lowest BCUT2D eigenvalue weighted by Gasteiger charge is -2.07. The number of benzene rings is 1. The molecule has 0 aromatic heterocycles. The number of rotatable bonds is 7. The number of hydrogen-bond donors (Lipinski definition) is 1. The van der Waals surface area contributed by atoms with E-state index in [1.54, 1.807) is 6.07 Å². The van der Waals surface area contributed by atoms with Crippen LogP contribution in [-0.4, -0.2) is 40.1 Å². The lowest BCUT2D eigenvalue weighted by Crippen LogP contribution is -2.26. The van der Waals surface area contributed by atoms with Crippen molar-refractivity contribution in [2.45, 2.75) is 0 Å². The summed E-state index contributed by atoms with van der Waals surface area (Å²) in [6.45, 7) is 1.18. The quantitative estimate of drug-likeness (QED) is 0.775. The van der Waals surface area contributed by atoms with Gasteiger partial charge < -0.3 is 10.1 Å². The molecule has 18 heavy (non-hydrogen) atoms. The smallest absolute Gasteiger partial charge is 0.148 e. The molecule has 0 amide bonds. The molecule has 0 radical (unpaired) electrons. The van der Waals surface area contributed by atoms with E-state index in [-0.39, 0.29) is 10.8 Å². The first-order valence-corrected chi connectivity index (χ1v) is 7.78. The highest BCUT2D eigenvalue weighted by atomic mass is 35.5. The minimum Gasteiger partial charge on any atom is -0.492 e. The van der Waals surface area contributed by atoms with Crippen molar-refractivity contribution >= 4 is 21.4 Å². The summed E-state index contributed by atoms with van der Waals surface area (Å²) >= 11 is 5.53. The molecule has 0 aliphatic carbocycles. The molecule has 4 nitrogen and oxygen atoms in total. The van der Waals surface area contributed by atoms with Crippen LogP contribution < -0.4 is 10.1 Å². The van der Waals surface area contributed by atoms with Crippen molar-refractivity contribution < 1.29 is 17.5 Å². The molecule has 0 bridgehead atoms. The van der Waals surface area contributed by atoms with Gasteiger partial charge in [-0.1, -0.05) is 11.6 Å². The van der Waals surface area contributed by atoms with Gasteiger partial charge in [0.2, 0.25) is 0 Å². The van der Waals surface area contributed by atoms with Crippen LogP contribution in [-0.2, 0) is 9.84 Å². The molecule has 1 N–H and O–H groups in total. The fourth-order valence-electron chi connectivity index (χ4n) is 1.19. The Morgan fingerprint density at radius 3 is 2.72 bits per heavy atom. The van der Waals surface area contributed by atoms with Gasteiger partial charge >= 0.3 is 0 Å². The van der Waals surface area contributed by atoms with Crippen molar-refractivity contribution in [3.05, 3.63) is 29.0 Å². The Bertz CT molecular complexity index is 493. The largest absolute Gasteiger partial charge is 0.492 e. The van der Waals surface area contributed by atoms with Gasteiger partial charge in [-0.15, -0.1) is 0 Å². The first kappa shape index (κ1) is 15.2. The molecule has 0 spiro atoms. The summed E-state index contributed by atoms with van der Waals surface area (Å²) in [5, 5.41) is 2.96. The van der Waals surface area contributed by atoms with Crippen molar-refractivity contribution in [2.24, 2.45) is 0 Å². The number of halogens is 2. The highest BCUT2D eigenvalue weighted by Gasteiger charge is 2.02. The Kier molecular flexibility index (Phi) is 5.84. The Morgan fingerprint density at radius 1 is 1.39 bits per heavy atom. The lowest BCUT2D eigenvalue weighted by molar-refractivity contribution is 0.314. The third-order valence-corrected chi connectivity index (χ3v) is 3.34. The van der Waals surface area contributed by atoms with Gasteiger partial charge in [-0.05, 0) is 12.1 Å². The van der Waals surface area contributed by atoms with Crippen LogP contribution in [0.4, 0.5) is 4.39 Å². The van der Waals surface area contributed by atoms with Gasteiger partial charge in [0.25, 0.3) is 0 Å². The van der Waals surface area contributed by atoms with Gasteiger partial charge in [0.1, 0.15) is 28.0 Å². The molecule has 7 heteroatoms. The predicted octanol–water partition coefficient (Wildman–Crippen LogP) is 1.49. The summed E-state index contributed by atoms with van der Waals surface area (Å²) in [6, 6.07) is 4.20. The molecule has 1 aromatic carbocycles. The average molecular weight is 296 g/mol. The van der Waals surface area contributed by atoms with Crippen LogP contribution >= 0.6 is 11.6 Å². The monoisotopic (exact) mass is 295 g/mol. The van der Waals surface area contributed by atoms with Gasteiger partial charge in [0.05, 0.1) is 10.8 Å². The summed E-state index contributed by atoms with van der Waals surface area (Å²) in [7, 11) is -2.94. The summed E-state index contributed by atoms with van der Waals surface area (Å²) in [5.74, 6) is -0.0521. The van der Waals surface area contributed by atoms with E-state index in [2.05, 4.69) is 5.32 Å². The second-order valence-corrected chi connectivity index (χ2v) is 6.47. The van der Waals surface area contributed by atoms with E-state index in [4.69, 9.17) is 16.3 Å². The van der Waals surface area contributed by atoms with Crippen LogP contribution in [0.25, 0.3) is 0 Å². The fraction of sp³-hybridized carbons (Fsp3) is 0.455. The van der Waals surface area contributed by atoms with Gasteiger partial charge in [0, 0.05) is 25.4 Å². The fourth-order valence-corrected chi connectivity index (χ4v) is 1.82. The molecule has 102 valence electrons. The molecule has 0 aliphatic heterocycles. The Morgan fingerprint density at radius 2 is 2.11 bits per heavy atom. The van der Waals surface area contributed by atoms with Crippen LogP contribution in [0.5, 0.6) is 5.75 Å². The second-order valence-electron chi connectivity index (χ2n) is 3.80.